The summed E-state index contributed by atoms with van der Waals surface area (Å²) in [5, 5.41) is 24.0. The quantitative estimate of drug-likeness (QED) is 0.236. The lowest BCUT2D eigenvalue weighted by Crippen LogP contribution is -2.60. The van der Waals surface area contributed by atoms with Crippen molar-refractivity contribution >= 4 is 40.7 Å². The number of aliphatic hydroxyl groups excluding tert-OH is 2. The van der Waals surface area contributed by atoms with Crippen molar-refractivity contribution in [3.05, 3.63) is 32.9 Å². The fourth-order valence-electron chi connectivity index (χ4n) is 7.62. The van der Waals surface area contributed by atoms with Gasteiger partial charge >= 0.3 is 0 Å². The molecule has 0 radical (unpaired) electrons. The molecule has 11 heteroatoms. The zero-order chi connectivity index (χ0) is 30.9. The summed E-state index contributed by atoms with van der Waals surface area (Å²) >= 11 is 2.05. The van der Waals surface area contributed by atoms with Crippen molar-refractivity contribution in [2.24, 2.45) is 29.1 Å². The number of benzene rings is 1. The van der Waals surface area contributed by atoms with Gasteiger partial charge in [0, 0.05) is 37.3 Å². The first-order valence-corrected chi connectivity index (χ1v) is 16.3. The molecule has 1 aromatic carbocycles. The third-order valence-electron chi connectivity index (χ3n) is 10.3. The Bertz CT molecular complexity index is 1240. The predicted octanol–water partition coefficient (Wildman–Crippen LogP) is 2.97. The van der Waals surface area contributed by atoms with E-state index < -0.39 is 18.2 Å². The van der Waals surface area contributed by atoms with Gasteiger partial charge in [0.15, 0.2) is 11.5 Å². The molecule has 5 aliphatic rings. The molecule has 4 fully saturated rings. The Hall–Kier alpha value is -2.22. The Balaban J connectivity index is 1.49. The molecule has 236 valence electrons. The molecule has 1 unspecified atom stereocenters. The van der Waals surface area contributed by atoms with Gasteiger partial charge in [-0.1, -0.05) is 13.8 Å². The van der Waals surface area contributed by atoms with Crippen LogP contribution in [0.25, 0.3) is 0 Å². The van der Waals surface area contributed by atoms with E-state index in [2.05, 4.69) is 19.2 Å². The molecular formula is C32H43IN2O8. The third kappa shape index (κ3) is 6.46. The number of methoxy groups -OCH3 is 1. The van der Waals surface area contributed by atoms with Gasteiger partial charge in [-0.2, -0.15) is 0 Å². The molecule has 43 heavy (non-hydrogen) atoms. The van der Waals surface area contributed by atoms with Crippen LogP contribution >= 0.6 is 22.6 Å². The van der Waals surface area contributed by atoms with E-state index in [1.807, 2.05) is 27.5 Å². The van der Waals surface area contributed by atoms with E-state index in [1.54, 1.807) is 18.2 Å². The lowest BCUT2D eigenvalue weighted by molar-refractivity contribution is -0.151. The summed E-state index contributed by atoms with van der Waals surface area (Å²) in [6.07, 6.45) is 4.29. The normalized spacial score (nSPS) is 30.9. The Kier molecular flexibility index (Phi) is 10.0. The van der Waals surface area contributed by atoms with Crippen LogP contribution in [0.2, 0.25) is 0 Å². The maximum absolute atomic E-state index is 14.2. The highest BCUT2D eigenvalue weighted by molar-refractivity contribution is 14.1. The van der Waals surface area contributed by atoms with E-state index in [0.717, 1.165) is 25.5 Å². The van der Waals surface area contributed by atoms with Crippen molar-refractivity contribution in [2.45, 2.75) is 64.2 Å². The summed E-state index contributed by atoms with van der Waals surface area (Å²) < 4.78 is 18.1. The molecule has 1 heterocycles. The summed E-state index contributed by atoms with van der Waals surface area (Å²) in [5.74, 6) is 1.43. The second kappa shape index (κ2) is 13.4. The number of fused-ring (bicyclic) bond motifs is 2. The van der Waals surface area contributed by atoms with Gasteiger partial charge in [-0.15, -0.1) is 0 Å². The molecule has 10 nitrogen and oxygen atoms in total. The van der Waals surface area contributed by atoms with Crippen LogP contribution in [0.3, 0.4) is 0 Å². The number of hydrogen-bond donors (Lipinski definition) is 3. The summed E-state index contributed by atoms with van der Waals surface area (Å²) in [4.78, 5) is 40.7. The highest BCUT2D eigenvalue weighted by Crippen LogP contribution is 2.61. The first kappa shape index (κ1) is 32.2. The number of rotatable bonds is 11. The topological polar surface area (TPSA) is 135 Å². The summed E-state index contributed by atoms with van der Waals surface area (Å²) in [5.41, 5.74) is 1.01. The van der Waals surface area contributed by atoms with Gasteiger partial charge in [-0.25, -0.2) is 0 Å². The van der Waals surface area contributed by atoms with Gasteiger partial charge in [-0.05, 0) is 89.7 Å². The van der Waals surface area contributed by atoms with Gasteiger partial charge in [-0.3, -0.25) is 14.4 Å². The molecule has 3 saturated carbocycles. The lowest BCUT2D eigenvalue weighted by Gasteiger charge is -2.61. The standard InChI is InChI=1S/C32H43IN2O8/c1-32(2)22-5-4-19(23(32)14-22)15-35(31(40)20-6-9-42-17-20)25-12-21(30(39)34-7-8-36)13-26(28(25)38)43-29-24(33)10-18(16-37)11-27(29)41-3/h10-11,13,16,19-20,22-23,25-26,28,36,38H,4-9,12,14-15,17H2,1-3H3,(H,34,39)/t19-,20?,22-,23-,25+,26-,28-/m0/s1. The molecular weight excluding hydrogens is 667 g/mol. The second-order valence-electron chi connectivity index (χ2n) is 12.9. The summed E-state index contributed by atoms with van der Waals surface area (Å²) in [7, 11) is 1.47. The molecule has 2 amide bonds. The fraction of sp³-hybridized carbons (Fsp3) is 0.656. The number of halogens is 1. The molecule has 1 aromatic rings. The average molecular weight is 711 g/mol. The average Bonchev–Trinajstić information content (AvgIpc) is 3.55. The highest BCUT2D eigenvalue weighted by atomic mass is 127. The van der Waals surface area contributed by atoms with Gasteiger partial charge < -0.3 is 34.6 Å². The van der Waals surface area contributed by atoms with Crippen molar-refractivity contribution in [2.75, 3.05) is 40.0 Å². The largest absolute Gasteiger partial charge is 0.493 e. The Morgan fingerprint density at radius 2 is 2.05 bits per heavy atom. The van der Waals surface area contributed by atoms with Crippen LogP contribution in [0.5, 0.6) is 11.5 Å². The third-order valence-corrected chi connectivity index (χ3v) is 11.1. The van der Waals surface area contributed by atoms with Gasteiger partial charge in [0.25, 0.3) is 0 Å². The van der Waals surface area contributed by atoms with Crippen molar-refractivity contribution in [1.82, 2.24) is 10.2 Å². The molecule has 0 aromatic heterocycles. The van der Waals surface area contributed by atoms with Crippen molar-refractivity contribution in [3.63, 3.8) is 0 Å². The first-order valence-electron chi connectivity index (χ1n) is 15.2. The fourth-order valence-corrected chi connectivity index (χ4v) is 8.38. The number of carbonyl (C=O) groups is 3. The van der Waals surface area contributed by atoms with Gasteiger partial charge in [0.2, 0.25) is 11.8 Å². The van der Waals surface area contributed by atoms with Crippen LogP contribution < -0.4 is 14.8 Å². The lowest BCUT2D eigenvalue weighted by atomic mass is 9.45. The first-order chi connectivity index (χ1) is 20.6. The van der Waals surface area contributed by atoms with E-state index in [1.165, 1.54) is 7.11 Å². The van der Waals surface area contributed by atoms with Crippen LogP contribution in [0, 0.1) is 32.7 Å². The van der Waals surface area contributed by atoms with E-state index in [4.69, 9.17) is 14.2 Å². The minimum atomic E-state index is -1.14. The van der Waals surface area contributed by atoms with Crippen LogP contribution in [0.15, 0.2) is 23.8 Å². The molecule has 3 N–H and O–H groups in total. The van der Waals surface area contributed by atoms with E-state index in [-0.39, 0.29) is 42.7 Å². The molecule has 7 atom stereocenters. The van der Waals surface area contributed by atoms with E-state index >= 15 is 0 Å². The molecule has 1 aliphatic heterocycles. The Morgan fingerprint density at radius 3 is 2.67 bits per heavy atom. The number of hydrogen-bond acceptors (Lipinski definition) is 8. The minimum Gasteiger partial charge on any atom is -0.493 e. The van der Waals surface area contributed by atoms with Crippen LogP contribution in [0.4, 0.5) is 0 Å². The second-order valence-corrected chi connectivity index (χ2v) is 14.1. The molecule has 0 spiro atoms. The van der Waals surface area contributed by atoms with E-state index in [0.29, 0.717) is 70.1 Å². The molecule has 2 bridgehead atoms. The highest BCUT2D eigenvalue weighted by Gasteiger charge is 2.55. The maximum atomic E-state index is 14.2. The zero-order valence-electron chi connectivity index (χ0n) is 25.1. The molecule has 6 rings (SSSR count). The number of aldehydes is 1. The number of nitrogens with zero attached hydrogens (tertiary/aromatic N) is 1. The maximum Gasteiger partial charge on any atom is 0.247 e. The monoisotopic (exact) mass is 710 g/mol. The Morgan fingerprint density at radius 1 is 1.26 bits per heavy atom. The zero-order valence-corrected chi connectivity index (χ0v) is 27.2. The number of amides is 2. The van der Waals surface area contributed by atoms with Gasteiger partial charge in [0.05, 0.1) is 35.9 Å². The number of carbonyl (C=O) groups excluding carboxylic acids is 3. The van der Waals surface area contributed by atoms with Crippen LogP contribution in [-0.4, -0.2) is 91.5 Å². The molecule has 4 aliphatic carbocycles. The number of ether oxygens (including phenoxy) is 3. The van der Waals surface area contributed by atoms with Crippen molar-refractivity contribution in [1.29, 1.82) is 0 Å². The van der Waals surface area contributed by atoms with Gasteiger partial charge in [0.1, 0.15) is 18.5 Å². The minimum absolute atomic E-state index is 0.0564. The number of nitrogens with one attached hydrogen (secondary N) is 1. The Labute approximate surface area is 266 Å². The SMILES string of the molecule is COc1cc(C=O)cc(I)c1O[C@H]1C=C(C(=O)NCCO)C[C@@H](N(C[C@@H]2CC[C@H]3C[C@@H]2C3(C)C)C(=O)C2CCOC2)[C@@H]1O. The summed E-state index contributed by atoms with van der Waals surface area (Å²) in [6, 6.07) is 2.50. The molecule has 1 saturated heterocycles. The predicted molar refractivity (Wildman–Crippen MR) is 167 cm³/mol. The summed E-state index contributed by atoms with van der Waals surface area (Å²) in [6.45, 7) is 5.89. The smallest absolute Gasteiger partial charge is 0.247 e. The van der Waals surface area contributed by atoms with Crippen molar-refractivity contribution < 1.29 is 38.8 Å². The van der Waals surface area contributed by atoms with Crippen LogP contribution in [-0.2, 0) is 14.3 Å². The van der Waals surface area contributed by atoms with E-state index in [9.17, 15) is 24.6 Å². The van der Waals surface area contributed by atoms with Crippen LogP contribution in [0.1, 0.15) is 56.3 Å². The number of aliphatic hydroxyl groups is 2. The van der Waals surface area contributed by atoms with Crippen molar-refractivity contribution in [3.8, 4) is 11.5 Å².